The van der Waals surface area contributed by atoms with E-state index in [1.165, 1.54) is 11.8 Å². The van der Waals surface area contributed by atoms with Crippen molar-refractivity contribution in [3.63, 3.8) is 0 Å². The molecule has 2 aliphatic rings. The first-order valence-electron chi connectivity index (χ1n) is 16.3. The van der Waals surface area contributed by atoms with E-state index >= 15 is 0 Å². The van der Waals surface area contributed by atoms with Gasteiger partial charge in [-0.3, -0.25) is 33.7 Å². The first kappa shape index (κ1) is 38.4. The lowest BCUT2D eigenvalue weighted by Gasteiger charge is -2.30. The SMILES string of the molecule is CC(=O)C/C(C)=N/NC(=O)COCC(=O)NCCOCCOCCn1cc(CNC(=O)C2CCC(CN3C(=O)CC(C)C3=O)CC2)nn1. The van der Waals surface area contributed by atoms with Crippen LogP contribution in [0.4, 0.5) is 0 Å². The van der Waals surface area contributed by atoms with Crippen LogP contribution in [0.15, 0.2) is 11.3 Å². The molecular formula is C31H48N8O9. The molecule has 1 unspecified atom stereocenters. The Morgan fingerprint density at radius 3 is 2.33 bits per heavy atom. The molecule has 17 heteroatoms. The van der Waals surface area contributed by atoms with Crippen LogP contribution >= 0.6 is 0 Å². The first-order valence-corrected chi connectivity index (χ1v) is 16.3. The molecule has 5 amide bonds. The van der Waals surface area contributed by atoms with Crippen LogP contribution in [0, 0.1) is 17.8 Å². The van der Waals surface area contributed by atoms with Crippen molar-refractivity contribution in [2.45, 2.75) is 72.4 Å². The number of rotatable bonds is 21. The van der Waals surface area contributed by atoms with Crippen molar-refractivity contribution in [2.75, 3.05) is 52.7 Å². The van der Waals surface area contributed by atoms with Crippen LogP contribution in [-0.4, -0.2) is 114 Å². The van der Waals surface area contributed by atoms with Crippen LogP contribution in [-0.2, 0) is 56.1 Å². The molecule has 3 rings (SSSR count). The highest BCUT2D eigenvalue weighted by Gasteiger charge is 2.37. The first-order chi connectivity index (χ1) is 23.0. The molecular weight excluding hydrogens is 628 g/mol. The molecule has 0 bridgehead atoms. The van der Waals surface area contributed by atoms with E-state index in [4.69, 9.17) is 14.2 Å². The standard InChI is InChI=1S/C31H48N8O9/c1-21-14-29(43)39(31(21)45)17-24-4-6-25(7-5-24)30(44)33-16-26-18-38(37-35-26)9-11-47-13-12-46-10-8-32-27(41)19-48-20-28(42)36-34-22(2)15-23(3)40/h18,21,24-25H,4-17,19-20H2,1-3H3,(H,32,41)(H,33,44)(H,36,42)/b34-22+. The van der Waals surface area contributed by atoms with Gasteiger partial charge in [0.2, 0.25) is 23.6 Å². The van der Waals surface area contributed by atoms with Crippen molar-refractivity contribution >= 4 is 41.0 Å². The molecule has 2 fully saturated rings. The minimum Gasteiger partial charge on any atom is -0.377 e. The zero-order valence-corrected chi connectivity index (χ0v) is 28.0. The van der Waals surface area contributed by atoms with Gasteiger partial charge >= 0.3 is 0 Å². The average Bonchev–Trinajstić information content (AvgIpc) is 3.60. The van der Waals surface area contributed by atoms with E-state index in [0.29, 0.717) is 50.7 Å². The van der Waals surface area contributed by atoms with Crippen molar-refractivity contribution in [2.24, 2.45) is 22.9 Å². The number of nitrogens with zero attached hydrogens (tertiary/aromatic N) is 5. The Hall–Kier alpha value is -4.09. The zero-order valence-electron chi connectivity index (χ0n) is 28.0. The van der Waals surface area contributed by atoms with Gasteiger partial charge in [0, 0.05) is 43.5 Å². The quantitative estimate of drug-likeness (QED) is 0.0668. The Morgan fingerprint density at radius 2 is 1.65 bits per heavy atom. The maximum absolute atomic E-state index is 12.7. The van der Waals surface area contributed by atoms with E-state index < -0.39 is 11.8 Å². The molecule has 1 aliphatic carbocycles. The molecule has 1 saturated heterocycles. The third-order valence-corrected chi connectivity index (χ3v) is 7.91. The summed E-state index contributed by atoms with van der Waals surface area (Å²) in [5.41, 5.74) is 3.37. The summed E-state index contributed by atoms with van der Waals surface area (Å²) in [7, 11) is 0. The number of nitrogens with one attached hydrogen (secondary N) is 3. The predicted octanol–water partition coefficient (Wildman–Crippen LogP) is -0.267. The number of Topliss-reactive ketones (excluding diaryl/α,β-unsaturated/α-hetero) is 1. The van der Waals surface area contributed by atoms with Gasteiger partial charge in [0.1, 0.15) is 24.7 Å². The number of imide groups is 1. The highest BCUT2D eigenvalue weighted by Crippen LogP contribution is 2.31. The molecule has 0 aromatic carbocycles. The van der Waals surface area contributed by atoms with E-state index in [9.17, 15) is 28.8 Å². The number of ether oxygens (including phenoxy) is 3. The van der Waals surface area contributed by atoms with Crippen LogP contribution in [0.5, 0.6) is 0 Å². The summed E-state index contributed by atoms with van der Waals surface area (Å²) < 4.78 is 17.7. The van der Waals surface area contributed by atoms with Gasteiger partial charge < -0.3 is 24.8 Å². The molecule has 1 aliphatic heterocycles. The summed E-state index contributed by atoms with van der Waals surface area (Å²) in [6.45, 7) is 7.02. The number of hydrogen-bond donors (Lipinski definition) is 3. The van der Waals surface area contributed by atoms with E-state index in [1.54, 1.807) is 24.7 Å². The van der Waals surface area contributed by atoms with Crippen molar-refractivity contribution in [1.82, 2.24) is 36.0 Å². The molecule has 0 spiro atoms. The summed E-state index contributed by atoms with van der Waals surface area (Å²) >= 11 is 0. The van der Waals surface area contributed by atoms with Gasteiger partial charge in [-0.15, -0.1) is 5.10 Å². The number of ketones is 1. The molecule has 48 heavy (non-hydrogen) atoms. The third kappa shape index (κ3) is 13.9. The fourth-order valence-electron chi connectivity index (χ4n) is 5.38. The van der Waals surface area contributed by atoms with Gasteiger partial charge in [0.15, 0.2) is 0 Å². The Balaban J connectivity index is 1.15. The number of amides is 5. The lowest BCUT2D eigenvalue weighted by Crippen LogP contribution is -2.38. The minimum absolute atomic E-state index is 0.0226. The summed E-state index contributed by atoms with van der Waals surface area (Å²) in [4.78, 5) is 72.8. The molecule has 0 radical (unpaired) electrons. The van der Waals surface area contributed by atoms with Crippen LogP contribution in [0.3, 0.4) is 0 Å². The summed E-state index contributed by atoms with van der Waals surface area (Å²) in [5.74, 6) is -1.27. The average molecular weight is 677 g/mol. The van der Waals surface area contributed by atoms with E-state index in [-0.39, 0.29) is 80.6 Å². The van der Waals surface area contributed by atoms with E-state index in [2.05, 4.69) is 31.5 Å². The molecule has 17 nitrogen and oxygen atoms in total. The second-order valence-corrected chi connectivity index (χ2v) is 12.2. The number of aromatic nitrogens is 3. The van der Waals surface area contributed by atoms with Crippen molar-refractivity contribution in [3.05, 3.63) is 11.9 Å². The number of carbonyl (C=O) groups is 6. The lowest BCUT2D eigenvalue weighted by atomic mass is 9.81. The van der Waals surface area contributed by atoms with Crippen molar-refractivity contribution < 1.29 is 43.0 Å². The molecule has 1 atom stereocenters. The van der Waals surface area contributed by atoms with Gasteiger partial charge in [0.25, 0.3) is 5.91 Å². The Morgan fingerprint density at radius 1 is 0.938 bits per heavy atom. The third-order valence-electron chi connectivity index (χ3n) is 7.91. The molecule has 1 aromatic rings. The maximum Gasteiger partial charge on any atom is 0.266 e. The van der Waals surface area contributed by atoms with Crippen LogP contribution in [0.25, 0.3) is 0 Å². The monoisotopic (exact) mass is 676 g/mol. The fourth-order valence-corrected chi connectivity index (χ4v) is 5.38. The topological polar surface area (TPSA) is 213 Å². The van der Waals surface area contributed by atoms with Crippen molar-refractivity contribution in [1.29, 1.82) is 0 Å². The fraction of sp³-hybridized carbons (Fsp3) is 0.710. The Bertz CT molecular complexity index is 1290. The van der Waals surface area contributed by atoms with Gasteiger partial charge in [-0.25, -0.2) is 10.1 Å². The summed E-state index contributed by atoms with van der Waals surface area (Å²) in [6, 6.07) is 0. The second-order valence-electron chi connectivity index (χ2n) is 12.2. The molecule has 3 N–H and O–H groups in total. The van der Waals surface area contributed by atoms with E-state index in [0.717, 1.165) is 25.7 Å². The summed E-state index contributed by atoms with van der Waals surface area (Å²) in [5, 5.41) is 17.5. The minimum atomic E-state index is -0.530. The number of hydrazone groups is 1. The van der Waals surface area contributed by atoms with Gasteiger partial charge in [-0.1, -0.05) is 12.1 Å². The number of likely N-dealkylation sites (tertiary alicyclic amines) is 1. The molecule has 1 saturated carbocycles. The molecule has 266 valence electrons. The molecule has 2 heterocycles. The Kier molecular flexibility index (Phi) is 16.2. The van der Waals surface area contributed by atoms with Crippen LogP contribution in [0.2, 0.25) is 0 Å². The van der Waals surface area contributed by atoms with Crippen LogP contribution in [0.1, 0.15) is 65.0 Å². The smallest absolute Gasteiger partial charge is 0.266 e. The zero-order chi connectivity index (χ0) is 34.9. The largest absolute Gasteiger partial charge is 0.377 e. The lowest BCUT2D eigenvalue weighted by molar-refractivity contribution is -0.140. The van der Waals surface area contributed by atoms with Crippen molar-refractivity contribution in [3.8, 4) is 0 Å². The normalized spacial score (nSPS) is 19.8. The highest BCUT2D eigenvalue weighted by atomic mass is 16.5. The van der Waals surface area contributed by atoms with Gasteiger partial charge in [0.05, 0.1) is 45.7 Å². The Labute approximate surface area is 279 Å². The summed E-state index contributed by atoms with van der Waals surface area (Å²) in [6.07, 6.45) is 5.26. The van der Waals surface area contributed by atoms with Gasteiger partial charge in [-0.05, 0) is 45.4 Å². The van der Waals surface area contributed by atoms with Gasteiger partial charge in [-0.2, -0.15) is 5.10 Å². The van der Waals surface area contributed by atoms with Crippen LogP contribution < -0.4 is 16.1 Å². The number of carbonyl (C=O) groups excluding carboxylic acids is 6. The van der Waals surface area contributed by atoms with E-state index in [1.807, 2.05) is 0 Å². The predicted molar refractivity (Wildman–Crippen MR) is 170 cm³/mol. The second kappa shape index (κ2) is 20.3. The highest BCUT2D eigenvalue weighted by molar-refractivity contribution is 6.03. The number of hydrogen-bond acceptors (Lipinski definition) is 12. The molecule has 1 aromatic heterocycles. The maximum atomic E-state index is 12.7.